The van der Waals surface area contributed by atoms with Crippen molar-refractivity contribution in [2.45, 2.75) is 58.2 Å². The van der Waals surface area contributed by atoms with E-state index in [0.29, 0.717) is 24.0 Å². The Morgan fingerprint density at radius 1 is 1.04 bits per heavy atom. The van der Waals surface area contributed by atoms with Gasteiger partial charge in [0, 0.05) is 12.8 Å². The van der Waals surface area contributed by atoms with Crippen molar-refractivity contribution >= 4 is 23.3 Å². The van der Waals surface area contributed by atoms with Gasteiger partial charge in [0.25, 0.3) is 5.78 Å². The molecule has 1 heterocycles. The summed E-state index contributed by atoms with van der Waals surface area (Å²) in [5.41, 5.74) is 0.844. The Morgan fingerprint density at radius 3 is 2.35 bits per heavy atom. The Balaban J connectivity index is 2.35. The smallest absolute Gasteiger partial charge is 0.342 e. The monoisotopic (exact) mass is 362 g/mol. The summed E-state index contributed by atoms with van der Waals surface area (Å²) in [6, 6.07) is 2.85. The first-order chi connectivity index (χ1) is 12.3. The van der Waals surface area contributed by atoms with E-state index in [1.807, 2.05) is 0 Å². The van der Waals surface area contributed by atoms with Crippen molar-refractivity contribution in [2.75, 3.05) is 0 Å². The van der Waals surface area contributed by atoms with Crippen LogP contribution < -0.4 is 0 Å². The Morgan fingerprint density at radius 2 is 1.69 bits per heavy atom. The Bertz CT molecular complexity index is 736. The molecule has 0 aliphatic carbocycles. The minimum absolute atomic E-state index is 0.000890. The predicted octanol–water partition coefficient (Wildman–Crippen LogP) is 1.64. The van der Waals surface area contributed by atoms with Gasteiger partial charge in [-0.3, -0.25) is 14.4 Å². The highest BCUT2D eigenvalue weighted by atomic mass is 16.5. The summed E-state index contributed by atoms with van der Waals surface area (Å²) in [5.74, 6) is -3.44. The van der Waals surface area contributed by atoms with Crippen LogP contribution in [0.4, 0.5) is 0 Å². The van der Waals surface area contributed by atoms with Crippen LogP contribution in [0.15, 0.2) is 12.1 Å². The summed E-state index contributed by atoms with van der Waals surface area (Å²) in [7, 11) is 0. The molecule has 0 unspecified atom stereocenters. The number of phenolic OH excluding ortho intramolecular Hbond substituents is 1. The normalized spacial score (nSPS) is 20.3. The van der Waals surface area contributed by atoms with Crippen LogP contribution in [0.25, 0.3) is 0 Å². The molecule has 0 saturated carbocycles. The summed E-state index contributed by atoms with van der Waals surface area (Å²) in [4.78, 5) is 47.9. The number of aliphatic hydroxyl groups excluding tert-OH is 1. The Hall–Kier alpha value is -2.54. The SMILES string of the molecule is C[C@H]1CCCC(=O)C(=O)C(=O)CCCc2cc(CO)cc(O)c2C(=O)O1. The van der Waals surface area contributed by atoms with Crippen LogP contribution in [0.1, 0.15) is 60.5 Å². The molecule has 1 aliphatic heterocycles. The molecular formula is C19H22O7. The largest absolute Gasteiger partial charge is 0.507 e. The molecule has 0 aromatic heterocycles. The molecule has 26 heavy (non-hydrogen) atoms. The molecule has 0 saturated heterocycles. The lowest BCUT2D eigenvalue weighted by atomic mass is 9.96. The molecule has 0 amide bonds. The molecule has 0 radical (unpaired) electrons. The van der Waals surface area contributed by atoms with Crippen LogP contribution in [0.3, 0.4) is 0 Å². The van der Waals surface area contributed by atoms with Gasteiger partial charge in [-0.25, -0.2) is 4.79 Å². The number of aryl methyl sites for hydroxylation is 1. The number of Topliss-reactive ketones (excluding diaryl/α,β-unsaturated/α-hetero) is 3. The third-order valence-electron chi connectivity index (χ3n) is 4.32. The highest BCUT2D eigenvalue weighted by Gasteiger charge is 2.25. The zero-order valence-corrected chi connectivity index (χ0v) is 14.6. The second-order valence-corrected chi connectivity index (χ2v) is 6.44. The summed E-state index contributed by atoms with van der Waals surface area (Å²) < 4.78 is 5.33. The summed E-state index contributed by atoms with van der Waals surface area (Å²) in [6.45, 7) is 1.33. The van der Waals surface area contributed by atoms with Gasteiger partial charge in [0.1, 0.15) is 11.3 Å². The van der Waals surface area contributed by atoms with Crippen LogP contribution in [-0.2, 0) is 32.1 Å². The summed E-state index contributed by atoms with van der Waals surface area (Å²) in [5, 5.41) is 19.5. The van der Waals surface area contributed by atoms with E-state index in [-0.39, 0.29) is 43.6 Å². The second kappa shape index (κ2) is 8.71. The van der Waals surface area contributed by atoms with E-state index in [1.165, 1.54) is 6.07 Å². The number of carbonyl (C=O) groups excluding carboxylic acids is 4. The maximum absolute atomic E-state index is 12.5. The molecule has 1 atom stereocenters. The van der Waals surface area contributed by atoms with Crippen molar-refractivity contribution in [1.29, 1.82) is 0 Å². The number of ether oxygens (including phenoxy) is 1. The number of phenols is 1. The number of rotatable bonds is 1. The van der Waals surface area contributed by atoms with Crippen molar-refractivity contribution in [3.05, 3.63) is 28.8 Å². The minimum atomic E-state index is -0.987. The van der Waals surface area contributed by atoms with Gasteiger partial charge >= 0.3 is 5.97 Å². The number of hydrogen-bond donors (Lipinski definition) is 2. The predicted molar refractivity (Wildman–Crippen MR) is 90.7 cm³/mol. The zero-order valence-electron chi connectivity index (χ0n) is 14.6. The number of aromatic hydroxyl groups is 1. The molecular weight excluding hydrogens is 340 g/mol. The lowest BCUT2D eigenvalue weighted by Crippen LogP contribution is -2.25. The number of aliphatic hydroxyl groups is 1. The van der Waals surface area contributed by atoms with Crippen LogP contribution in [-0.4, -0.2) is 39.6 Å². The molecule has 1 aromatic carbocycles. The summed E-state index contributed by atoms with van der Waals surface area (Å²) >= 11 is 0. The standard InChI is InChI=1S/C19H22O7/c1-11-4-2-6-14(21)18(24)15(22)7-3-5-13-8-12(10-20)9-16(23)17(13)19(25)26-11/h8-9,11,20,23H,2-7,10H2,1H3/t11-/m0/s1. The molecule has 2 N–H and O–H groups in total. The van der Waals surface area contributed by atoms with Crippen LogP contribution in [0, 0.1) is 0 Å². The maximum Gasteiger partial charge on any atom is 0.342 e. The zero-order chi connectivity index (χ0) is 19.3. The molecule has 1 aromatic rings. The first-order valence-corrected chi connectivity index (χ1v) is 8.60. The topological polar surface area (TPSA) is 118 Å². The highest BCUT2D eigenvalue weighted by Crippen LogP contribution is 2.27. The Labute approximate surface area is 151 Å². The van der Waals surface area contributed by atoms with Gasteiger partial charge in [0.05, 0.1) is 12.7 Å². The van der Waals surface area contributed by atoms with Crippen molar-refractivity contribution in [2.24, 2.45) is 0 Å². The number of fused-ring (bicyclic) bond motifs is 1. The molecule has 0 bridgehead atoms. The number of carbonyl (C=O) groups is 4. The van der Waals surface area contributed by atoms with Crippen LogP contribution in [0.5, 0.6) is 5.75 Å². The third-order valence-corrected chi connectivity index (χ3v) is 4.32. The van der Waals surface area contributed by atoms with Gasteiger partial charge in [-0.2, -0.15) is 0 Å². The van der Waals surface area contributed by atoms with Gasteiger partial charge in [0.15, 0.2) is 0 Å². The lowest BCUT2D eigenvalue weighted by molar-refractivity contribution is -0.144. The van der Waals surface area contributed by atoms with Gasteiger partial charge in [-0.1, -0.05) is 6.07 Å². The second-order valence-electron chi connectivity index (χ2n) is 6.44. The van der Waals surface area contributed by atoms with Gasteiger partial charge in [0.2, 0.25) is 11.6 Å². The number of esters is 1. The minimum Gasteiger partial charge on any atom is -0.507 e. The number of cyclic esters (lactones) is 1. The fraction of sp³-hybridized carbons (Fsp3) is 0.474. The molecule has 0 spiro atoms. The van der Waals surface area contributed by atoms with Gasteiger partial charge in [-0.05, 0) is 49.8 Å². The fourth-order valence-electron chi connectivity index (χ4n) is 2.95. The molecule has 2 rings (SSSR count). The summed E-state index contributed by atoms with van der Waals surface area (Å²) in [6.07, 6.45) is 0.399. The average Bonchev–Trinajstić information content (AvgIpc) is 2.59. The molecule has 7 heteroatoms. The van der Waals surface area contributed by atoms with E-state index in [9.17, 15) is 29.4 Å². The number of ketones is 3. The van der Waals surface area contributed by atoms with E-state index >= 15 is 0 Å². The van der Waals surface area contributed by atoms with E-state index in [0.717, 1.165) is 0 Å². The quantitative estimate of drug-likeness (QED) is 0.576. The van der Waals surface area contributed by atoms with Gasteiger partial charge < -0.3 is 14.9 Å². The van der Waals surface area contributed by atoms with E-state index in [2.05, 4.69) is 0 Å². The first-order valence-electron chi connectivity index (χ1n) is 8.60. The van der Waals surface area contributed by atoms with Crippen molar-refractivity contribution < 1.29 is 34.1 Å². The Kier molecular flexibility index (Phi) is 6.63. The van der Waals surface area contributed by atoms with Crippen molar-refractivity contribution in [3.8, 4) is 5.75 Å². The van der Waals surface area contributed by atoms with Crippen molar-refractivity contribution in [3.63, 3.8) is 0 Å². The molecule has 0 fully saturated rings. The van der Waals surface area contributed by atoms with E-state index in [4.69, 9.17) is 4.74 Å². The fourth-order valence-corrected chi connectivity index (χ4v) is 2.95. The molecule has 1 aliphatic rings. The van der Waals surface area contributed by atoms with E-state index in [1.54, 1.807) is 13.0 Å². The van der Waals surface area contributed by atoms with Crippen LogP contribution >= 0.6 is 0 Å². The number of benzene rings is 1. The third kappa shape index (κ3) is 4.76. The van der Waals surface area contributed by atoms with E-state index < -0.39 is 29.4 Å². The molecule has 140 valence electrons. The first kappa shape index (κ1) is 19.8. The number of hydrogen-bond acceptors (Lipinski definition) is 7. The maximum atomic E-state index is 12.5. The van der Waals surface area contributed by atoms with Gasteiger partial charge in [-0.15, -0.1) is 0 Å². The molecule has 7 nitrogen and oxygen atoms in total. The van der Waals surface area contributed by atoms with Crippen molar-refractivity contribution in [1.82, 2.24) is 0 Å². The lowest BCUT2D eigenvalue weighted by Gasteiger charge is -2.17. The highest BCUT2D eigenvalue weighted by molar-refractivity contribution is 6.63. The average molecular weight is 362 g/mol. The van der Waals surface area contributed by atoms with Crippen LogP contribution in [0.2, 0.25) is 0 Å².